The highest BCUT2D eigenvalue weighted by molar-refractivity contribution is 9.10. The third kappa shape index (κ3) is 3.26. The monoisotopic (exact) mass is 353 g/mol. The number of rotatable bonds is 4. The summed E-state index contributed by atoms with van der Waals surface area (Å²) in [4.78, 5) is 0. The molecule has 1 aromatic rings. The van der Waals surface area contributed by atoms with E-state index >= 15 is 0 Å². The minimum atomic E-state index is 0.741. The summed E-state index contributed by atoms with van der Waals surface area (Å²) in [7, 11) is 0. The molecule has 3 heteroatoms. The summed E-state index contributed by atoms with van der Waals surface area (Å²) in [6, 6.07) is 10.2. The second kappa shape index (κ2) is 6.85. The van der Waals surface area contributed by atoms with Crippen molar-refractivity contribution in [1.29, 1.82) is 0 Å². The van der Waals surface area contributed by atoms with Crippen LogP contribution in [0.15, 0.2) is 28.7 Å². The van der Waals surface area contributed by atoms with E-state index in [-0.39, 0.29) is 0 Å². The molecule has 0 bridgehead atoms. The summed E-state index contributed by atoms with van der Waals surface area (Å²) in [5.41, 5.74) is 1.50. The molecular formula is C17H24BrNS. The van der Waals surface area contributed by atoms with Crippen molar-refractivity contribution in [1.82, 2.24) is 5.32 Å². The summed E-state index contributed by atoms with van der Waals surface area (Å²) >= 11 is 5.75. The minimum Gasteiger partial charge on any atom is -0.310 e. The van der Waals surface area contributed by atoms with Gasteiger partial charge in [0.25, 0.3) is 0 Å². The van der Waals surface area contributed by atoms with Gasteiger partial charge in [0, 0.05) is 21.8 Å². The van der Waals surface area contributed by atoms with E-state index in [4.69, 9.17) is 0 Å². The summed E-state index contributed by atoms with van der Waals surface area (Å²) in [6.07, 6.45) is 10.5. The average molecular weight is 354 g/mol. The van der Waals surface area contributed by atoms with Crippen LogP contribution in [-0.2, 0) is 0 Å². The molecule has 2 aliphatic rings. The smallest absolute Gasteiger partial charge is 0.0210 e. The van der Waals surface area contributed by atoms with Crippen molar-refractivity contribution in [2.24, 2.45) is 0 Å². The van der Waals surface area contributed by atoms with Gasteiger partial charge in [-0.05, 0) is 49.5 Å². The Labute approximate surface area is 135 Å². The molecule has 0 saturated heterocycles. The van der Waals surface area contributed by atoms with E-state index in [2.05, 4.69) is 63.5 Å². The molecule has 2 fully saturated rings. The van der Waals surface area contributed by atoms with Crippen LogP contribution in [0.4, 0.5) is 0 Å². The van der Waals surface area contributed by atoms with E-state index in [0.29, 0.717) is 0 Å². The standard InChI is InChI=1S/C17H24BrNS/c1-20-17-9-5-4-8-16(17)19-13-10-12(11-13)14-6-2-3-7-15(14)18/h2-3,6-7,12-13,16-17,19H,4-5,8-11H2,1H3. The van der Waals surface area contributed by atoms with E-state index in [1.54, 1.807) is 0 Å². The van der Waals surface area contributed by atoms with Crippen LogP contribution in [0.3, 0.4) is 0 Å². The lowest BCUT2D eigenvalue weighted by atomic mass is 9.75. The van der Waals surface area contributed by atoms with Crippen LogP contribution in [-0.4, -0.2) is 23.6 Å². The van der Waals surface area contributed by atoms with Gasteiger partial charge >= 0.3 is 0 Å². The quantitative estimate of drug-likeness (QED) is 0.820. The molecule has 0 amide bonds. The van der Waals surface area contributed by atoms with Gasteiger partial charge in [0.15, 0.2) is 0 Å². The van der Waals surface area contributed by atoms with E-state index in [1.165, 1.54) is 48.6 Å². The van der Waals surface area contributed by atoms with Crippen molar-refractivity contribution < 1.29 is 0 Å². The number of nitrogens with one attached hydrogen (secondary N) is 1. The molecule has 20 heavy (non-hydrogen) atoms. The third-order valence-electron chi connectivity index (χ3n) is 4.94. The van der Waals surface area contributed by atoms with Crippen molar-refractivity contribution >= 4 is 27.7 Å². The van der Waals surface area contributed by atoms with E-state index in [9.17, 15) is 0 Å². The van der Waals surface area contributed by atoms with Crippen molar-refractivity contribution in [3.8, 4) is 0 Å². The molecule has 0 heterocycles. The number of hydrogen-bond donors (Lipinski definition) is 1. The minimum absolute atomic E-state index is 0.741. The van der Waals surface area contributed by atoms with Crippen LogP contribution >= 0.6 is 27.7 Å². The molecule has 2 saturated carbocycles. The highest BCUT2D eigenvalue weighted by Crippen LogP contribution is 2.41. The molecule has 1 nitrogen and oxygen atoms in total. The first-order valence-electron chi connectivity index (χ1n) is 7.81. The Morgan fingerprint density at radius 2 is 1.90 bits per heavy atom. The number of thioether (sulfide) groups is 1. The van der Waals surface area contributed by atoms with Crippen LogP contribution in [0.5, 0.6) is 0 Å². The largest absolute Gasteiger partial charge is 0.310 e. The molecule has 110 valence electrons. The maximum absolute atomic E-state index is 3.94. The normalized spacial score (nSPS) is 33.7. The van der Waals surface area contributed by atoms with Crippen molar-refractivity contribution in [2.75, 3.05) is 6.26 Å². The molecule has 3 rings (SSSR count). The second-order valence-corrected chi connectivity index (χ2v) is 8.15. The molecule has 0 aromatic heterocycles. The van der Waals surface area contributed by atoms with Gasteiger partial charge in [0.1, 0.15) is 0 Å². The first-order valence-corrected chi connectivity index (χ1v) is 9.89. The Kier molecular flexibility index (Phi) is 5.11. The van der Waals surface area contributed by atoms with Crippen LogP contribution in [0, 0.1) is 0 Å². The lowest BCUT2D eigenvalue weighted by Crippen LogP contribution is -2.50. The highest BCUT2D eigenvalue weighted by atomic mass is 79.9. The van der Waals surface area contributed by atoms with Crippen LogP contribution < -0.4 is 5.32 Å². The summed E-state index contributed by atoms with van der Waals surface area (Å²) < 4.78 is 1.28. The Bertz CT molecular complexity index is 444. The zero-order chi connectivity index (χ0) is 13.9. The second-order valence-electron chi connectivity index (χ2n) is 6.22. The molecule has 2 atom stereocenters. The van der Waals surface area contributed by atoms with E-state index < -0.39 is 0 Å². The maximum Gasteiger partial charge on any atom is 0.0210 e. The number of hydrogen-bond acceptors (Lipinski definition) is 2. The molecule has 0 aliphatic heterocycles. The molecule has 2 unspecified atom stereocenters. The zero-order valence-electron chi connectivity index (χ0n) is 12.1. The third-order valence-corrected chi connectivity index (χ3v) is 6.83. The summed E-state index contributed by atoms with van der Waals surface area (Å²) in [5, 5.41) is 4.78. The topological polar surface area (TPSA) is 12.0 Å². The molecule has 1 aromatic carbocycles. The fraction of sp³-hybridized carbons (Fsp3) is 0.647. The van der Waals surface area contributed by atoms with Crippen molar-refractivity contribution in [3.05, 3.63) is 34.3 Å². The van der Waals surface area contributed by atoms with Gasteiger partial charge in [0.05, 0.1) is 0 Å². The predicted octanol–water partition coefficient (Wildman–Crippen LogP) is 4.96. The van der Waals surface area contributed by atoms with Gasteiger partial charge < -0.3 is 5.32 Å². The fourth-order valence-corrected chi connectivity index (χ4v) is 5.24. The predicted molar refractivity (Wildman–Crippen MR) is 92.6 cm³/mol. The molecule has 0 radical (unpaired) electrons. The van der Waals surface area contributed by atoms with Gasteiger partial charge in [-0.25, -0.2) is 0 Å². The van der Waals surface area contributed by atoms with Gasteiger partial charge in [-0.2, -0.15) is 11.8 Å². The van der Waals surface area contributed by atoms with Gasteiger partial charge in [0.2, 0.25) is 0 Å². The summed E-state index contributed by atoms with van der Waals surface area (Å²) in [6.45, 7) is 0. The van der Waals surface area contributed by atoms with E-state index in [0.717, 1.165) is 23.3 Å². The zero-order valence-corrected chi connectivity index (χ0v) is 14.6. The lowest BCUT2D eigenvalue weighted by molar-refractivity contribution is 0.241. The first-order chi connectivity index (χ1) is 9.78. The molecule has 1 N–H and O–H groups in total. The Balaban J connectivity index is 1.52. The Morgan fingerprint density at radius 1 is 1.15 bits per heavy atom. The van der Waals surface area contributed by atoms with Crippen LogP contribution in [0.25, 0.3) is 0 Å². The summed E-state index contributed by atoms with van der Waals surface area (Å²) in [5.74, 6) is 0.749. The lowest BCUT2D eigenvalue weighted by Gasteiger charge is -2.42. The fourth-order valence-electron chi connectivity index (χ4n) is 3.69. The van der Waals surface area contributed by atoms with Gasteiger partial charge in [-0.1, -0.05) is 47.0 Å². The van der Waals surface area contributed by atoms with Crippen LogP contribution in [0.2, 0.25) is 0 Å². The van der Waals surface area contributed by atoms with Crippen molar-refractivity contribution in [3.63, 3.8) is 0 Å². The van der Waals surface area contributed by atoms with Crippen LogP contribution in [0.1, 0.15) is 50.0 Å². The van der Waals surface area contributed by atoms with E-state index in [1.807, 2.05) is 0 Å². The molecular weight excluding hydrogens is 330 g/mol. The Morgan fingerprint density at radius 3 is 2.65 bits per heavy atom. The van der Waals surface area contributed by atoms with Gasteiger partial charge in [-0.15, -0.1) is 0 Å². The number of benzene rings is 1. The van der Waals surface area contributed by atoms with Gasteiger partial charge in [-0.3, -0.25) is 0 Å². The SMILES string of the molecule is CSC1CCCCC1NC1CC(c2ccccc2Br)C1. The highest BCUT2D eigenvalue weighted by Gasteiger charge is 2.34. The number of halogens is 1. The first kappa shape index (κ1) is 14.9. The Hall–Kier alpha value is 0.01000. The molecule has 2 aliphatic carbocycles. The molecule has 0 spiro atoms. The maximum atomic E-state index is 3.94. The van der Waals surface area contributed by atoms with Crippen molar-refractivity contribution in [2.45, 2.75) is 61.8 Å². The average Bonchev–Trinajstić information content (AvgIpc) is 2.44.